The average Bonchev–Trinajstić information content (AvgIpc) is 2.36. The fourth-order valence-corrected chi connectivity index (χ4v) is 2.20. The molecule has 0 radical (unpaired) electrons. The number of nitrogens with two attached hydrogens (primary N) is 1. The van der Waals surface area contributed by atoms with Crippen LogP contribution in [0, 0.1) is 0 Å². The minimum atomic E-state index is -0.834. The quantitative estimate of drug-likeness (QED) is 0.754. The van der Waals surface area contributed by atoms with Crippen LogP contribution in [-0.2, 0) is 15.1 Å². The van der Waals surface area contributed by atoms with E-state index in [4.69, 9.17) is 10.5 Å². The Labute approximate surface area is 116 Å². The Bertz CT molecular complexity index is 394. The average molecular weight is 315 g/mol. The molecule has 1 rings (SSSR count). The molecule has 0 aromatic heterocycles. The second-order valence-electron chi connectivity index (χ2n) is 4.05. The SMILES string of the molecule is CCC(NCCOC)(C(N)=O)c1ccc(Br)cc1. The maximum absolute atomic E-state index is 11.8. The molecule has 0 fully saturated rings. The number of methoxy groups -OCH3 is 1. The molecule has 1 atom stereocenters. The van der Waals surface area contributed by atoms with E-state index in [1.54, 1.807) is 7.11 Å². The summed E-state index contributed by atoms with van der Waals surface area (Å²) in [4.78, 5) is 11.8. The molecule has 0 aliphatic rings. The largest absolute Gasteiger partial charge is 0.383 e. The maximum Gasteiger partial charge on any atom is 0.242 e. The number of benzene rings is 1. The van der Waals surface area contributed by atoms with Crippen LogP contribution in [-0.4, -0.2) is 26.2 Å². The Morgan fingerprint density at radius 3 is 2.50 bits per heavy atom. The first-order valence-corrected chi connectivity index (χ1v) is 6.66. The Hall–Kier alpha value is -0.910. The summed E-state index contributed by atoms with van der Waals surface area (Å²) in [6, 6.07) is 7.61. The molecule has 1 aromatic carbocycles. The van der Waals surface area contributed by atoms with Gasteiger partial charge in [0.25, 0.3) is 0 Å². The minimum Gasteiger partial charge on any atom is -0.383 e. The molecule has 0 saturated carbocycles. The van der Waals surface area contributed by atoms with Crippen LogP contribution in [0.25, 0.3) is 0 Å². The molecular formula is C13H19BrN2O2. The molecule has 0 saturated heterocycles. The zero-order valence-corrected chi connectivity index (χ0v) is 12.3. The lowest BCUT2D eigenvalue weighted by atomic mass is 9.86. The van der Waals surface area contributed by atoms with Crippen LogP contribution < -0.4 is 11.1 Å². The van der Waals surface area contributed by atoms with Crippen LogP contribution in [0.3, 0.4) is 0 Å². The number of ether oxygens (including phenoxy) is 1. The highest BCUT2D eigenvalue weighted by Gasteiger charge is 2.35. The lowest BCUT2D eigenvalue weighted by Gasteiger charge is -2.31. The minimum absolute atomic E-state index is 0.372. The number of hydrogen-bond acceptors (Lipinski definition) is 3. The van der Waals surface area contributed by atoms with Gasteiger partial charge in [-0.15, -0.1) is 0 Å². The zero-order valence-electron chi connectivity index (χ0n) is 10.7. The van der Waals surface area contributed by atoms with E-state index in [9.17, 15) is 4.79 Å². The summed E-state index contributed by atoms with van der Waals surface area (Å²) in [5, 5.41) is 3.20. The molecule has 0 spiro atoms. The van der Waals surface area contributed by atoms with Gasteiger partial charge in [0.05, 0.1) is 6.61 Å². The first kappa shape index (κ1) is 15.1. The standard InChI is InChI=1S/C13H19BrN2O2/c1-3-13(12(15)17,16-8-9-18-2)10-4-6-11(14)7-5-10/h4-7,16H,3,8-9H2,1-2H3,(H2,15,17). The van der Waals surface area contributed by atoms with E-state index in [0.717, 1.165) is 10.0 Å². The molecule has 0 aliphatic heterocycles. The fraction of sp³-hybridized carbons (Fsp3) is 0.462. The highest BCUT2D eigenvalue weighted by molar-refractivity contribution is 9.10. The molecular weight excluding hydrogens is 296 g/mol. The van der Waals surface area contributed by atoms with E-state index in [0.29, 0.717) is 19.6 Å². The van der Waals surface area contributed by atoms with Crippen LogP contribution >= 0.6 is 15.9 Å². The summed E-state index contributed by atoms with van der Waals surface area (Å²) in [6.45, 7) is 3.04. The van der Waals surface area contributed by atoms with Crippen LogP contribution in [0.1, 0.15) is 18.9 Å². The lowest BCUT2D eigenvalue weighted by molar-refractivity contribution is -0.125. The number of rotatable bonds is 7. The molecule has 5 heteroatoms. The van der Waals surface area contributed by atoms with Crippen molar-refractivity contribution in [3.05, 3.63) is 34.3 Å². The molecule has 1 aromatic rings. The van der Waals surface area contributed by atoms with Crippen molar-refractivity contribution < 1.29 is 9.53 Å². The Balaban J connectivity index is 3.02. The van der Waals surface area contributed by atoms with Crippen molar-refractivity contribution >= 4 is 21.8 Å². The summed E-state index contributed by atoms with van der Waals surface area (Å²) in [5.41, 5.74) is 5.62. The molecule has 0 aliphatic carbocycles. The molecule has 3 N–H and O–H groups in total. The van der Waals surface area contributed by atoms with Crippen molar-refractivity contribution in [3.8, 4) is 0 Å². The van der Waals surface area contributed by atoms with Gasteiger partial charge in [-0.1, -0.05) is 35.0 Å². The first-order valence-electron chi connectivity index (χ1n) is 5.86. The van der Waals surface area contributed by atoms with E-state index in [-0.39, 0.29) is 5.91 Å². The lowest BCUT2D eigenvalue weighted by Crippen LogP contribution is -2.53. The topological polar surface area (TPSA) is 64.3 Å². The third kappa shape index (κ3) is 3.31. The second kappa shape index (κ2) is 6.87. The van der Waals surface area contributed by atoms with Crippen molar-refractivity contribution in [1.29, 1.82) is 0 Å². The summed E-state index contributed by atoms with van der Waals surface area (Å²) in [7, 11) is 1.62. The summed E-state index contributed by atoms with van der Waals surface area (Å²) in [6.07, 6.45) is 0.591. The van der Waals surface area contributed by atoms with Crippen molar-refractivity contribution in [2.24, 2.45) is 5.73 Å². The van der Waals surface area contributed by atoms with Crippen LogP contribution in [0.5, 0.6) is 0 Å². The van der Waals surface area contributed by atoms with Crippen molar-refractivity contribution in [3.63, 3.8) is 0 Å². The third-order valence-electron chi connectivity index (χ3n) is 3.02. The number of primary amides is 1. The first-order chi connectivity index (χ1) is 8.56. The summed E-state index contributed by atoms with van der Waals surface area (Å²) >= 11 is 3.38. The van der Waals surface area contributed by atoms with Gasteiger partial charge in [-0.05, 0) is 24.1 Å². The van der Waals surface area contributed by atoms with Gasteiger partial charge < -0.3 is 10.5 Å². The number of nitrogens with one attached hydrogen (secondary N) is 1. The molecule has 1 unspecified atom stereocenters. The number of halogens is 1. The zero-order chi connectivity index (χ0) is 13.6. The van der Waals surface area contributed by atoms with E-state index in [1.807, 2.05) is 31.2 Å². The van der Waals surface area contributed by atoms with Gasteiger partial charge in [-0.25, -0.2) is 0 Å². The number of hydrogen-bond donors (Lipinski definition) is 2. The highest BCUT2D eigenvalue weighted by atomic mass is 79.9. The molecule has 18 heavy (non-hydrogen) atoms. The summed E-state index contributed by atoms with van der Waals surface area (Å²) < 4.78 is 5.96. The Morgan fingerprint density at radius 1 is 1.44 bits per heavy atom. The maximum atomic E-state index is 11.8. The Kier molecular flexibility index (Phi) is 5.78. The van der Waals surface area contributed by atoms with Crippen molar-refractivity contribution in [2.45, 2.75) is 18.9 Å². The monoisotopic (exact) mass is 314 g/mol. The number of carbonyl (C=O) groups is 1. The van der Waals surface area contributed by atoms with Gasteiger partial charge in [-0.2, -0.15) is 0 Å². The van der Waals surface area contributed by atoms with Crippen molar-refractivity contribution in [2.75, 3.05) is 20.3 Å². The molecule has 0 heterocycles. The Morgan fingerprint density at radius 2 is 2.06 bits per heavy atom. The fourth-order valence-electron chi connectivity index (χ4n) is 1.94. The van der Waals surface area contributed by atoms with Gasteiger partial charge in [0, 0.05) is 18.1 Å². The van der Waals surface area contributed by atoms with Gasteiger partial charge in [0.15, 0.2) is 0 Å². The van der Waals surface area contributed by atoms with Crippen LogP contribution in [0.4, 0.5) is 0 Å². The highest BCUT2D eigenvalue weighted by Crippen LogP contribution is 2.26. The van der Waals surface area contributed by atoms with Crippen LogP contribution in [0.2, 0.25) is 0 Å². The molecule has 100 valence electrons. The predicted molar refractivity (Wildman–Crippen MR) is 75.2 cm³/mol. The van der Waals surface area contributed by atoms with Gasteiger partial charge in [0.1, 0.15) is 5.54 Å². The second-order valence-corrected chi connectivity index (χ2v) is 4.97. The van der Waals surface area contributed by atoms with E-state index >= 15 is 0 Å². The molecule has 4 nitrogen and oxygen atoms in total. The third-order valence-corrected chi connectivity index (χ3v) is 3.55. The van der Waals surface area contributed by atoms with E-state index in [2.05, 4.69) is 21.2 Å². The van der Waals surface area contributed by atoms with E-state index < -0.39 is 5.54 Å². The van der Waals surface area contributed by atoms with Crippen LogP contribution in [0.15, 0.2) is 28.7 Å². The van der Waals surface area contributed by atoms with E-state index in [1.165, 1.54) is 0 Å². The predicted octanol–water partition coefficient (Wildman–Crippen LogP) is 1.78. The summed E-state index contributed by atoms with van der Waals surface area (Å²) in [5.74, 6) is -0.372. The number of carbonyl (C=O) groups excluding carboxylic acids is 1. The normalized spacial score (nSPS) is 14.2. The number of amides is 1. The van der Waals surface area contributed by atoms with Gasteiger partial charge in [0.2, 0.25) is 5.91 Å². The molecule has 0 bridgehead atoms. The van der Waals surface area contributed by atoms with Crippen molar-refractivity contribution in [1.82, 2.24) is 5.32 Å². The smallest absolute Gasteiger partial charge is 0.242 e. The molecule has 1 amide bonds. The van der Waals surface area contributed by atoms with Gasteiger partial charge in [-0.3, -0.25) is 10.1 Å². The van der Waals surface area contributed by atoms with Gasteiger partial charge >= 0.3 is 0 Å².